The van der Waals surface area contributed by atoms with E-state index in [1.807, 2.05) is 30.3 Å². The highest BCUT2D eigenvalue weighted by atomic mass is 32.1. The number of benzene rings is 1. The zero-order valence-electron chi connectivity index (χ0n) is 9.71. The molecular weight excluding hydrogens is 234 g/mol. The van der Waals surface area contributed by atoms with Gasteiger partial charge in [-0.2, -0.15) is 12.6 Å². The van der Waals surface area contributed by atoms with Crippen LogP contribution in [0.1, 0.15) is 18.4 Å². The number of rotatable bonds is 3. The predicted octanol–water partition coefficient (Wildman–Crippen LogP) is 2.72. The molecule has 0 spiro atoms. The second kappa shape index (κ2) is 5.96. The van der Waals surface area contributed by atoms with Crippen LogP contribution in [0.4, 0.5) is 4.79 Å². The maximum atomic E-state index is 11.9. The van der Waals surface area contributed by atoms with Crippen molar-refractivity contribution in [2.45, 2.75) is 25.5 Å². The summed E-state index contributed by atoms with van der Waals surface area (Å²) in [4.78, 5) is 13.6. The topological polar surface area (TPSA) is 29.5 Å². The maximum Gasteiger partial charge on any atom is 0.410 e. The highest BCUT2D eigenvalue weighted by Gasteiger charge is 2.28. The Morgan fingerprint density at radius 1 is 1.41 bits per heavy atom. The number of amides is 1. The molecule has 0 unspecified atom stereocenters. The van der Waals surface area contributed by atoms with Crippen LogP contribution in [0.3, 0.4) is 0 Å². The quantitative estimate of drug-likeness (QED) is 0.837. The molecule has 1 heterocycles. The van der Waals surface area contributed by atoms with Gasteiger partial charge in [-0.1, -0.05) is 30.3 Å². The molecule has 92 valence electrons. The van der Waals surface area contributed by atoms with Gasteiger partial charge in [-0.25, -0.2) is 4.79 Å². The fraction of sp³-hybridized carbons (Fsp3) is 0.462. The van der Waals surface area contributed by atoms with Gasteiger partial charge in [-0.05, 0) is 18.4 Å². The highest BCUT2D eigenvalue weighted by molar-refractivity contribution is 7.80. The van der Waals surface area contributed by atoms with Crippen LogP contribution >= 0.6 is 12.6 Å². The third kappa shape index (κ3) is 3.16. The minimum absolute atomic E-state index is 0.217. The number of likely N-dealkylation sites (tertiary alicyclic amines) is 1. The van der Waals surface area contributed by atoms with Gasteiger partial charge in [-0.15, -0.1) is 0 Å². The van der Waals surface area contributed by atoms with Crippen molar-refractivity contribution in [2.75, 3.05) is 12.3 Å². The van der Waals surface area contributed by atoms with Gasteiger partial charge in [0, 0.05) is 18.3 Å². The molecule has 1 aromatic carbocycles. The summed E-state index contributed by atoms with van der Waals surface area (Å²) in [5.74, 6) is 0.709. The second-order valence-corrected chi connectivity index (χ2v) is 4.58. The van der Waals surface area contributed by atoms with Crippen molar-refractivity contribution >= 4 is 18.7 Å². The van der Waals surface area contributed by atoms with Gasteiger partial charge in [0.15, 0.2) is 0 Å². The molecule has 3 nitrogen and oxygen atoms in total. The van der Waals surface area contributed by atoms with Crippen LogP contribution in [0.15, 0.2) is 30.3 Å². The molecule has 1 fully saturated rings. The van der Waals surface area contributed by atoms with E-state index in [-0.39, 0.29) is 12.1 Å². The van der Waals surface area contributed by atoms with Crippen molar-refractivity contribution in [1.29, 1.82) is 0 Å². The lowest BCUT2D eigenvalue weighted by Gasteiger charge is -2.22. The molecule has 1 amide bonds. The summed E-state index contributed by atoms with van der Waals surface area (Å²) in [7, 11) is 0. The molecule has 0 aliphatic carbocycles. The first-order chi connectivity index (χ1) is 8.31. The van der Waals surface area contributed by atoms with E-state index in [1.165, 1.54) is 0 Å². The van der Waals surface area contributed by atoms with Crippen molar-refractivity contribution in [3.05, 3.63) is 35.9 Å². The van der Waals surface area contributed by atoms with Crippen molar-refractivity contribution in [1.82, 2.24) is 4.90 Å². The Hall–Kier alpha value is -1.16. The van der Waals surface area contributed by atoms with Crippen molar-refractivity contribution in [2.24, 2.45) is 0 Å². The summed E-state index contributed by atoms with van der Waals surface area (Å²) < 4.78 is 5.30. The van der Waals surface area contributed by atoms with Gasteiger partial charge in [0.25, 0.3) is 0 Å². The number of carbonyl (C=O) groups excluding carboxylic acids is 1. The molecule has 0 bridgehead atoms. The molecule has 1 aliphatic heterocycles. The Kier molecular flexibility index (Phi) is 4.31. The number of nitrogens with zero attached hydrogens (tertiary/aromatic N) is 1. The van der Waals surface area contributed by atoms with Gasteiger partial charge in [-0.3, -0.25) is 0 Å². The number of hydrogen-bond acceptors (Lipinski definition) is 3. The van der Waals surface area contributed by atoms with E-state index in [4.69, 9.17) is 4.74 Å². The molecule has 0 saturated carbocycles. The summed E-state index contributed by atoms with van der Waals surface area (Å²) in [6.07, 6.45) is 1.86. The largest absolute Gasteiger partial charge is 0.445 e. The van der Waals surface area contributed by atoms with Gasteiger partial charge >= 0.3 is 6.09 Å². The summed E-state index contributed by atoms with van der Waals surface area (Å²) in [5, 5.41) is 0. The molecule has 1 aliphatic rings. The van der Waals surface area contributed by atoms with E-state index in [9.17, 15) is 4.79 Å². The van der Waals surface area contributed by atoms with Crippen molar-refractivity contribution < 1.29 is 9.53 Å². The first-order valence-corrected chi connectivity index (χ1v) is 6.52. The molecule has 0 N–H and O–H groups in total. The Balaban J connectivity index is 1.85. The van der Waals surface area contributed by atoms with Gasteiger partial charge in [0.2, 0.25) is 0 Å². The van der Waals surface area contributed by atoms with E-state index < -0.39 is 0 Å². The Morgan fingerprint density at radius 2 is 2.18 bits per heavy atom. The zero-order chi connectivity index (χ0) is 12.1. The van der Waals surface area contributed by atoms with Gasteiger partial charge in [0.1, 0.15) is 6.61 Å². The first-order valence-electron chi connectivity index (χ1n) is 5.89. The Bertz CT molecular complexity index is 369. The van der Waals surface area contributed by atoms with Crippen LogP contribution in [0.5, 0.6) is 0 Å². The van der Waals surface area contributed by atoms with E-state index in [0.717, 1.165) is 24.9 Å². The lowest BCUT2D eigenvalue weighted by atomic mass is 10.2. The van der Waals surface area contributed by atoms with Crippen LogP contribution in [0, 0.1) is 0 Å². The monoisotopic (exact) mass is 251 g/mol. The fourth-order valence-corrected chi connectivity index (χ4v) is 2.45. The average Bonchev–Trinajstić information content (AvgIpc) is 2.85. The van der Waals surface area contributed by atoms with Crippen LogP contribution in [-0.4, -0.2) is 29.3 Å². The molecule has 17 heavy (non-hydrogen) atoms. The van der Waals surface area contributed by atoms with Crippen LogP contribution < -0.4 is 0 Å². The molecule has 2 rings (SSSR count). The molecule has 4 heteroatoms. The summed E-state index contributed by atoms with van der Waals surface area (Å²) in [6, 6.07) is 9.97. The number of thiol groups is 1. The van der Waals surface area contributed by atoms with Gasteiger partial charge in [0.05, 0.1) is 0 Å². The number of ether oxygens (including phenoxy) is 1. The minimum atomic E-state index is -0.217. The fourth-order valence-electron chi connectivity index (χ4n) is 2.07. The van der Waals surface area contributed by atoms with Crippen LogP contribution in [0.2, 0.25) is 0 Å². The lowest BCUT2D eigenvalue weighted by Crippen LogP contribution is -2.36. The van der Waals surface area contributed by atoms with Gasteiger partial charge < -0.3 is 9.64 Å². The third-order valence-electron chi connectivity index (χ3n) is 3.03. The average molecular weight is 251 g/mol. The van der Waals surface area contributed by atoms with E-state index in [1.54, 1.807) is 4.90 Å². The molecule has 1 saturated heterocycles. The molecule has 1 aromatic rings. The number of hydrogen-bond donors (Lipinski definition) is 1. The minimum Gasteiger partial charge on any atom is -0.445 e. The summed E-state index contributed by atoms with van der Waals surface area (Å²) in [5.41, 5.74) is 1.02. The lowest BCUT2D eigenvalue weighted by molar-refractivity contribution is 0.0950. The SMILES string of the molecule is O=C(OCc1ccccc1)N1CCC[C@@H]1CS. The summed E-state index contributed by atoms with van der Waals surface area (Å²) in [6.45, 7) is 1.13. The summed E-state index contributed by atoms with van der Waals surface area (Å²) >= 11 is 4.26. The molecule has 1 atom stereocenters. The van der Waals surface area contributed by atoms with Crippen LogP contribution in [0.25, 0.3) is 0 Å². The first kappa shape index (κ1) is 12.3. The van der Waals surface area contributed by atoms with Crippen LogP contribution in [-0.2, 0) is 11.3 Å². The molecule has 0 radical (unpaired) electrons. The molecule has 0 aromatic heterocycles. The maximum absolute atomic E-state index is 11.9. The molecular formula is C13H17NO2S. The van der Waals surface area contributed by atoms with E-state index in [0.29, 0.717) is 12.4 Å². The van der Waals surface area contributed by atoms with E-state index >= 15 is 0 Å². The predicted molar refractivity (Wildman–Crippen MR) is 70.2 cm³/mol. The zero-order valence-corrected chi connectivity index (χ0v) is 10.6. The van der Waals surface area contributed by atoms with Crippen molar-refractivity contribution in [3.8, 4) is 0 Å². The normalized spacial score (nSPS) is 19.4. The highest BCUT2D eigenvalue weighted by Crippen LogP contribution is 2.19. The second-order valence-electron chi connectivity index (χ2n) is 4.21. The van der Waals surface area contributed by atoms with Crippen molar-refractivity contribution in [3.63, 3.8) is 0 Å². The number of carbonyl (C=O) groups is 1. The standard InChI is InChI=1S/C13H17NO2S/c15-13(14-8-4-7-12(14)10-17)16-9-11-5-2-1-3-6-11/h1-3,5-6,12,17H,4,7-10H2/t12-/m1/s1. The van der Waals surface area contributed by atoms with E-state index in [2.05, 4.69) is 12.6 Å². The smallest absolute Gasteiger partial charge is 0.410 e. The Morgan fingerprint density at radius 3 is 2.88 bits per heavy atom. The third-order valence-corrected chi connectivity index (χ3v) is 3.45. The Labute approximate surface area is 107 Å².